The molecule has 0 saturated carbocycles. The molecule has 1 aromatic heterocycles. The summed E-state index contributed by atoms with van der Waals surface area (Å²) < 4.78 is 5.05. The van der Waals surface area contributed by atoms with E-state index in [1.165, 1.54) is 6.33 Å². The van der Waals surface area contributed by atoms with E-state index in [-0.39, 0.29) is 6.09 Å². The fourth-order valence-electron chi connectivity index (χ4n) is 2.92. The number of benzene rings is 1. The van der Waals surface area contributed by atoms with Crippen LogP contribution in [0.3, 0.4) is 0 Å². The molecule has 1 aliphatic heterocycles. The van der Waals surface area contributed by atoms with Crippen molar-refractivity contribution >= 4 is 35.0 Å². The van der Waals surface area contributed by atoms with Crippen molar-refractivity contribution in [3.05, 3.63) is 41.2 Å². The predicted octanol–water partition coefficient (Wildman–Crippen LogP) is 2.60. The minimum absolute atomic E-state index is 0.282. The average Bonchev–Trinajstić information content (AvgIpc) is 2.69. The number of ether oxygens (including phenoxy) is 1. The molecule has 2 heterocycles. The number of amides is 1. The molecule has 9 heteroatoms. The largest absolute Gasteiger partial charge is 0.450 e. The first-order valence-corrected chi connectivity index (χ1v) is 9.22. The van der Waals surface area contributed by atoms with Crippen molar-refractivity contribution in [2.75, 3.05) is 48.7 Å². The first-order chi connectivity index (χ1) is 13.1. The summed E-state index contributed by atoms with van der Waals surface area (Å²) in [6.07, 6.45) is 1.20. The van der Waals surface area contributed by atoms with Gasteiger partial charge in [0.1, 0.15) is 12.0 Å². The van der Waals surface area contributed by atoms with Gasteiger partial charge in [-0.1, -0.05) is 29.8 Å². The highest BCUT2D eigenvalue weighted by Crippen LogP contribution is 2.28. The van der Waals surface area contributed by atoms with Gasteiger partial charge in [0.2, 0.25) is 0 Å². The monoisotopic (exact) mass is 390 g/mol. The van der Waals surface area contributed by atoms with Gasteiger partial charge in [0, 0.05) is 37.7 Å². The highest BCUT2D eigenvalue weighted by molar-refractivity contribution is 6.31. The van der Waals surface area contributed by atoms with Gasteiger partial charge in [0.25, 0.3) is 0 Å². The van der Waals surface area contributed by atoms with Crippen LogP contribution in [0.1, 0.15) is 12.5 Å². The Morgan fingerprint density at radius 3 is 2.70 bits per heavy atom. The number of halogens is 1. The summed E-state index contributed by atoms with van der Waals surface area (Å²) >= 11 is 6.19. The van der Waals surface area contributed by atoms with E-state index >= 15 is 0 Å². The third-order valence-corrected chi connectivity index (χ3v) is 4.74. The van der Waals surface area contributed by atoms with Crippen molar-refractivity contribution in [3.8, 4) is 0 Å². The minimum atomic E-state index is -0.282. The summed E-state index contributed by atoms with van der Waals surface area (Å²) in [6.45, 7) is 5.06. The number of piperazine rings is 1. The maximum absolute atomic E-state index is 11.8. The van der Waals surface area contributed by atoms with Gasteiger partial charge in [-0.3, -0.25) is 0 Å². The van der Waals surface area contributed by atoms with Crippen LogP contribution < -0.4 is 16.0 Å². The number of anilines is 3. The van der Waals surface area contributed by atoms with E-state index in [0.717, 1.165) is 5.56 Å². The van der Waals surface area contributed by atoms with Crippen LogP contribution in [-0.2, 0) is 11.3 Å². The van der Waals surface area contributed by atoms with Crippen molar-refractivity contribution < 1.29 is 9.53 Å². The highest BCUT2D eigenvalue weighted by atomic mass is 35.5. The first-order valence-electron chi connectivity index (χ1n) is 8.84. The molecule has 27 heavy (non-hydrogen) atoms. The maximum atomic E-state index is 11.8. The lowest BCUT2D eigenvalue weighted by molar-refractivity contribution is 0.105. The van der Waals surface area contributed by atoms with Gasteiger partial charge in [0.15, 0.2) is 11.6 Å². The lowest BCUT2D eigenvalue weighted by atomic mass is 10.2. The van der Waals surface area contributed by atoms with Crippen LogP contribution in [0.2, 0.25) is 5.02 Å². The quantitative estimate of drug-likeness (QED) is 0.809. The van der Waals surface area contributed by atoms with Crippen molar-refractivity contribution in [1.29, 1.82) is 0 Å². The van der Waals surface area contributed by atoms with E-state index in [1.807, 2.05) is 29.2 Å². The Balaban J connectivity index is 1.65. The molecule has 0 spiro atoms. The molecule has 0 atom stereocenters. The third-order valence-electron chi connectivity index (χ3n) is 4.37. The second-order valence-corrected chi connectivity index (χ2v) is 6.48. The van der Waals surface area contributed by atoms with Crippen molar-refractivity contribution in [1.82, 2.24) is 14.9 Å². The molecule has 3 rings (SSSR count). The third kappa shape index (κ3) is 4.51. The minimum Gasteiger partial charge on any atom is -0.450 e. The molecule has 1 amide bonds. The summed E-state index contributed by atoms with van der Waals surface area (Å²) in [7, 11) is 0. The van der Waals surface area contributed by atoms with E-state index in [4.69, 9.17) is 22.1 Å². The lowest BCUT2D eigenvalue weighted by Gasteiger charge is -2.35. The Morgan fingerprint density at radius 2 is 2.00 bits per heavy atom. The zero-order valence-electron chi connectivity index (χ0n) is 15.2. The maximum Gasteiger partial charge on any atom is 0.409 e. The zero-order chi connectivity index (χ0) is 19.2. The number of aromatic nitrogens is 2. The van der Waals surface area contributed by atoms with E-state index in [1.54, 1.807) is 11.8 Å². The van der Waals surface area contributed by atoms with Crippen LogP contribution in [0.25, 0.3) is 0 Å². The molecule has 1 aromatic carbocycles. The molecule has 0 radical (unpaired) electrons. The molecular formula is C18H23ClN6O2. The Hall–Kier alpha value is -2.74. The number of nitrogens with two attached hydrogens (primary N) is 1. The summed E-state index contributed by atoms with van der Waals surface area (Å²) in [5.74, 6) is 1.22. The summed E-state index contributed by atoms with van der Waals surface area (Å²) in [5.41, 5.74) is 7.73. The fraction of sp³-hybridized carbons (Fsp3) is 0.389. The number of rotatable bonds is 5. The molecule has 0 aliphatic carbocycles. The van der Waals surface area contributed by atoms with Crippen molar-refractivity contribution in [2.24, 2.45) is 0 Å². The number of nitrogens with zero attached hydrogens (tertiary/aromatic N) is 4. The normalized spacial score (nSPS) is 14.1. The molecule has 1 saturated heterocycles. The Morgan fingerprint density at radius 1 is 1.26 bits per heavy atom. The topological polar surface area (TPSA) is 96.6 Å². The number of nitrogen functional groups attached to an aromatic ring is 1. The standard InChI is InChI=1S/C18H23ClN6O2/c1-2-27-18(26)25-9-7-24(8-10-25)17-15(20)16(22-12-23-17)21-11-13-5-3-4-6-14(13)19/h3-6,12H,2,7-11,20H2,1H3,(H,21,22,23). The van der Waals surface area contributed by atoms with Crippen molar-refractivity contribution in [2.45, 2.75) is 13.5 Å². The number of carbonyl (C=O) groups excluding carboxylic acids is 1. The van der Waals surface area contributed by atoms with Gasteiger partial charge in [-0.2, -0.15) is 0 Å². The lowest BCUT2D eigenvalue weighted by Crippen LogP contribution is -2.49. The van der Waals surface area contributed by atoms with Gasteiger partial charge >= 0.3 is 6.09 Å². The number of carbonyl (C=O) groups is 1. The summed E-state index contributed by atoms with van der Waals surface area (Å²) in [6, 6.07) is 7.61. The molecule has 0 bridgehead atoms. The second kappa shape index (κ2) is 8.77. The molecule has 1 fully saturated rings. The Kier molecular flexibility index (Phi) is 6.18. The average molecular weight is 391 g/mol. The fourth-order valence-corrected chi connectivity index (χ4v) is 3.12. The SMILES string of the molecule is CCOC(=O)N1CCN(c2ncnc(NCc3ccccc3Cl)c2N)CC1. The molecule has 3 N–H and O–H groups in total. The van der Waals surface area contributed by atoms with E-state index < -0.39 is 0 Å². The second-order valence-electron chi connectivity index (χ2n) is 6.08. The van der Waals surface area contributed by atoms with Crippen LogP contribution >= 0.6 is 11.6 Å². The predicted molar refractivity (Wildman–Crippen MR) is 106 cm³/mol. The number of hydrogen-bond donors (Lipinski definition) is 2. The van der Waals surface area contributed by atoms with E-state index in [0.29, 0.717) is 61.7 Å². The van der Waals surface area contributed by atoms with Crippen LogP contribution in [0.15, 0.2) is 30.6 Å². The number of hydrogen-bond acceptors (Lipinski definition) is 7. The van der Waals surface area contributed by atoms with Gasteiger partial charge in [0.05, 0.1) is 6.61 Å². The van der Waals surface area contributed by atoms with Crippen molar-refractivity contribution in [3.63, 3.8) is 0 Å². The first kappa shape index (κ1) is 19.0. The zero-order valence-corrected chi connectivity index (χ0v) is 15.9. The van der Waals surface area contributed by atoms with E-state index in [2.05, 4.69) is 15.3 Å². The Labute approximate surface area is 163 Å². The smallest absolute Gasteiger partial charge is 0.409 e. The molecule has 8 nitrogen and oxygen atoms in total. The molecule has 2 aromatic rings. The number of nitrogens with one attached hydrogen (secondary N) is 1. The van der Waals surface area contributed by atoms with Gasteiger partial charge < -0.3 is 25.6 Å². The van der Waals surface area contributed by atoms with Gasteiger partial charge in [-0.15, -0.1) is 0 Å². The molecule has 144 valence electrons. The van der Waals surface area contributed by atoms with Gasteiger partial charge in [-0.25, -0.2) is 14.8 Å². The van der Waals surface area contributed by atoms with Crippen LogP contribution in [0.4, 0.5) is 22.1 Å². The van der Waals surface area contributed by atoms with Crippen LogP contribution in [-0.4, -0.2) is 53.7 Å². The van der Waals surface area contributed by atoms with E-state index in [9.17, 15) is 4.79 Å². The van der Waals surface area contributed by atoms with Crippen LogP contribution in [0.5, 0.6) is 0 Å². The summed E-state index contributed by atoms with van der Waals surface area (Å²) in [4.78, 5) is 24.1. The molecule has 0 unspecified atom stereocenters. The highest BCUT2D eigenvalue weighted by Gasteiger charge is 2.24. The molecule has 1 aliphatic rings. The molecular weight excluding hydrogens is 368 g/mol. The van der Waals surface area contributed by atoms with Crippen LogP contribution in [0, 0.1) is 0 Å². The van der Waals surface area contributed by atoms with Gasteiger partial charge in [-0.05, 0) is 18.6 Å². The Bertz CT molecular complexity index is 795. The summed E-state index contributed by atoms with van der Waals surface area (Å²) in [5, 5.41) is 3.91.